The zero-order valence-corrected chi connectivity index (χ0v) is 18.0. The Kier molecular flexibility index (Phi) is 5.85. The van der Waals surface area contributed by atoms with Gasteiger partial charge in [-0.15, -0.1) is 11.3 Å². The number of nitrogens with zero attached hydrogens (tertiary/aromatic N) is 2. The Morgan fingerprint density at radius 3 is 2.62 bits per heavy atom. The summed E-state index contributed by atoms with van der Waals surface area (Å²) in [6, 6.07) is 14.9. The zero-order valence-electron chi connectivity index (χ0n) is 15.6. The van der Waals surface area contributed by atoms with Crippen molar-refractivity contribution in [3.63, 3.8) is 0 Å². The summed E-state index contributed by atoms with van der Waals surface area (Å²) in [4.78, 5) is 31.1. The number of hydrogen-bond acceptors (Lipinski definition) is 5. The van der Waals surface area contributed by atoms with E-state index in [0.717, 1.165) is 21.3 Å². The van der Waals surface area contributed by atoms with Crippen molar-refractivity contribution in [3.05, 3.63) is 80.1 Å². The number of amides is 1. The number of halogens is 1. The van der Waals surface area contributed by atoms with Crippen molar-refractivity contribution >= 4 is 52.5 Å². The molecule has 0 N–H and O–H groups in total. The molecule has 0 saturated carbocycles. The molecule has 7 heteroatoms. The topological polar surface area (TPSA) is 50.3 Å². The highest BCUT2D eigenvalue weighted by molar-refractivity contribution is 8.04. The third-order valence-corrected chi connectivity index (χ3v) is 6.56. The fourth-order valence-corrected chi connectivity index (χ4v) is 4.78. The highest BCUT2D eigenvalue weighted by Crippen LogP contribution is 2.32. The molecule has 4 rings (SSSR count). The Hall–Kier alpha value is -2.41. The van der Waals surface area contributed by atoms with Crippen LogP contribution in [0.5, 0.6) is 0 Å². The van der Waals surface area contributed by atoms with Gasteiger partial charge < -0.3 is 0 Å². The van der Waals surface area contributed by atoms with Crippen LogP contribution in [0.1, 0.15) is 20.9 Å². The first-order valence-corrected chi connectivity index (χ1v) is 11.2. The maximum atomic E-state index is 12.6. The van der Waals surface area contributed by atoms with E-state index in [2.05, 4.69) is 24.0 Å². The predicted octanol–water partition coefficient (Wildman–Crippen LogP) is 5.53. The van der Waals surface area contributed by atoms with Gasteiger partial charge >= 0.3 is 0 Å². The van der Waals surface area contributed by atoms with Gasteiger partial charge in [-0.2, -0.15) is 0 Å². The summed E-state index contributed by atoms with van der Waals surface area (Å²) in [5, 5.41) is 4.13. The molecule has 3 aromatic rings. The molecule has 0 spiro atoms. The molecule has 0 bridgehead atoms. The largest absolute Gasteiger partial charge is 0.298 e. The van der Waals surface area contributed by atoms with Crippen molar-refractivity contribution in [2.24, 2.45) is 0 Å². The van der Waals surface area contributed by atoms with Gasteiger partial charge in [0.2, 0.25) is 5.91 Å². The van der Waals surface area contributed by atoms with Crippen LogP contribution < -0.4 is 0 Å². The van der Waals surface area contributed by atoms with Crippen LogP contribution in [0.15, 0.2) is 58.9 Å². The normalized spacial score (nSPS) is 15.3. The SMILES string of the molecule is Cc1ccc(-c2csc(/C=C3\SCC(=O)N3CC(=O)c3ccc(Cl)cc3)n2)cc1. The monoisotopic (exact) mass is 440 g/mol. The number of rotatable bonds is 5. The predicted molar refractivity (Wildman–Crippen MR) is 120 cm³/mol. The summed E-state index contributed by atoms with van der Waals surface area (Å²) in [5.41, 5.74) is 3.70. The average molecular weight is 441 g/mol. The van der Waals surface area contributed by atoms with Crippen LogP contribution in [-0.2, 0) is 4.79 Å². The summed E-state index contributed by atoms with van der Waals surface area (Å²) in [5.74, 6) is 0.136. The molecule has 0 unspecified atom stereocenters. The lowest BCUT2D eigenvalue weighted by Crippen LogP contribution is -2.30. The summed E-state index contributed by atoms with van der Waals surface area (Å²) in [6.45, 7) is 2.06. The fraction of sp³-hybridized carbons (Fsp3) is 0.136. The summed E-state index contributed by atoms with van der Waals surface area (Å²) in [7, 11) is 0. The number of thiazole rings is 1. The van der Waals surface area contributed by atoms with Crippen LogP contribution >= 0.6 is 34.7 Å². The number of aryl methyl sites for hydroxylation is 1. The lowest BCUT2D eigenvalue weighted by Gasteiger charge is -2.16. The minimum Gasteiger partial charge on any atom is -0.298 e. The van der Waals surface area contributed by atoms with E-state index in [4.69, 9.17) is 11.6 Å². The minimum atomic E-state index is -0.122. The smallest absolute Gasteiger partial charge is 0.238 e. The van der Waals surface area contributed by atoms with E-state index in [9.17, 15) is 9.59 Å². The number of thioether (sulfide) groups is 1. The highest BCUT2D eigenvalue weighted by atomic mass is 35.5. The van der Waals surface area contributed by atoms with E-state index in [0.29, 0.717) is 16.3 Å². The second-order valence-corrected chi connectivity index (χ2v) is 8.94. The lowest BCUT2D eigenvalue weighted by atomic mass is 10.1. The molecule has 1 saturated heterocycles. The lowest BCUT2D eigenvalue weighted by molar-refractivity contribution is -0.125. The molecule has 1 fully saturated rings. The molecule has 1 aromatic heterocycles. The standard InChI is InChI=1S/C22H17ClN2O2S2/c1-14-2-4-15(5-3-14)18-12-28-20(24-18)10-22-25(21(27)13-29-22)11-19(26)16-6-8-17(23)9-7-16/h2-10,12H,11,13H2,1H3/b22-10-. The number of hydrogen-bond donors (Lipinski definition) is 0. The maximum Gasteiger partial charge on any atom is 0.238 e. The average Bonchev–Trinajstić information content (AvgIpc) is 3.31. The number of carbonyl (C=O) groups excluding carboxylic acids is 2. The van der Waals surface area contributed by atoms with Crippen molar-refractivity contribution in [1.82, 2.24) is 9.88 Å². The molecular weight excluding hydrogens is 424 g/mol. The first-order chi connectivity index (χ1) is 14.0. The van der Waals surface area contributed by atoms with Gasteiger partial charge in [-0.1, -0.05) is 53.2 Å². The van der Waals surface area contributed by atoms with E-state index in [1.54, 1.807) is 24.3 Å². The summed E-state index contributed by atoms with van der Waals surface area (Å²) < 4.78 is 0. The third kappa shape index (κ3) is 4.61. The highest BCUT2D eigenvalue weighted by Gasteiger charge is 2.29. The second-order valence-electron chi connectivity index (χ2n) is 6.62. The maximum absolute atomic E-state index is 12.6. The van der Waals surface area contributed by atoms with E-state index in [1.165, 1.54) is 33.6 Å². The van der Waals surface area contributed by atoms with E-state index >= 15 is 0 Å². The van der Waals surface area contributed by atoms with Crippen molar-refractivity contribution in [2.45, 2.75) is 6.92 Å². The van der Waals surface area contributed by atoms with Crippen LogP contribution in [-0.4, -0.2) is 33.9 Å². The first kappa shape index (κ1) is 19.9. The molecule has 146 valence electrons. The Morgan fingerprint density at radius 2 is 1.90 bits per heavy atom. The number of ketones is 1. The molecule has 0 radical (unpaired) electrons. The van der Waals surface area contributed by atoms with E-state index in [-0.39, 0.29) is 18.2 Å². The van der Waals surface area contributed by atoms with Gasteiger partial charge in [0.05, 0.1) is 23.0 Å². The molecule has 1 aliphatic rings. The van der Waals surface area contributed by atoms with Crippen LogP contribution in [0.3, 0.4) is 0 Å². The Labute approximate surface area is 182 Å². The second kappa shape index (κ2) is 8.53. The molecule has 1 aliphatic heterocycles. The third-order valence-electron chi connectivity index (χ3n) is 4.49. The van der Waals surface area contributed by atoms with Crippen LogP contribution in [0.2, 0.25) is 5.02 Å². The summed E-state index contributed by atoms with van der Waals surface area (Å²) in [6.07, 6.45) is 1.88. The van der Waals surface area contributed by atoms with E-state index in [1.807, 2.05) is 23.6 Å². The van der Waals surface area contributed by atoms with Gasteiger partial charge in [0.1, 0.15) is 5.01 Å². The van der Waals surface area contributed by atoms with Gasteiger partial charge in [-0.05, 0) is 31.2 Å². The van der Waals surface area contributed by atoms with Gasteiger partial charge in [-0.25, -0.2) is 4.98 Å². The van der Waals surface area contributed by atoms with Gasteiger partial charge in [0.15, 0.2) is 5.78 Å². The van der Waals surface area contributed by atoms with E-state index < -0.39 is 0 Å². The van der Waals surface area contributed by atoms with Crippen molar-refractivity contribution < 1.29 is 9.59 Å². The molecule has 29 heavy (non-hydrogen) atoms. The molecule has 2 heterocycles. The number of benzene rings is 2. The molecule has 2 aromatic carbocycles. The van der Waals surface area contributed by atoms with Crippen molar-refractivity contribution in [3.8, 4) is 11.3 Å². The number of Topliss-reactive ketones (excluding diaryl/α,β-unsaturated/α-hetero) is 1. The fourth-order valence-electron chi connectivity index (χ4n) is 2.89. The van der Waals surface area contributed by atoms with Crippen LogP contribution in [0.4, 0.5) is 0 Å². The quantitative estimate of drug-likeness (QED) is 0.489. The van der Waals surface area contributed by atoms with Gasteiger partial charge in [0, 0.05) is 27.6 Å². The van der Waals surface area contributed by atoms with Crippen molar-refractivity contribution in [1.29, 1.82) is 0 Å². The Balaban J connectivity index is 1.53. The molecule has 0 atom stereocenters. The van der Waals surface area contributed by atoms with Crippen LogP contribution in [0, 0.1) is 6.92 Å². The molecular formula is C22H17ClN2O2S2. The number of carbonyl (C=O) groups is 2. The summed E-state index contributed by atoms with van der Waals surface area (Å²) >= 11 is 8.83. The molecule has 1 amide bonds. The molecule has 0 aliphatic carbocycles. The minimum absolute atomic E-state index is 0.00942. The van der Waals surface area contributed by atoms with Gasteiger partial charge in [0.25, 0.3) is 0 Å². The van der Waals surface area contributed by atoms with Gasteiger partial charge in [-0.3, -0.25) is 14.5 Å². The Bertz CT molecular complexity index is 1090. The first-order valence-electron chi connectivity index (χ1n) is 8.96. The molecule has 4 nitrogen and oxygen atoms in total. The number of aromatic nitrogens is 1. The van der Waals surface area contributed by atoms with Crippen LogP contribution in [0.25, 0.3) is 17.3 Å². The zero-order chi connectivity index (χ0) is 20.4. The van der Waals surface area contributed by atoms with Crippen molar-refractivity contribution in [2.75, 3.05) is 12.3 Å². The Morgan fingerprint density at radius 1 is 1.17 bits per heavy atom.